The van der Waals surface area contributed by atoms with Gasteiger partial charge in [0.2, 0.25) is 5.91 Å². The molecule has 0 radical (unpaired) electrons. The van der Waals surface area contributed by atoms with E-state index in [2.05, 4.69) is 15.2 Å². The molecular weight excluding hydrogens is 238 g/mol. The second kappa shape index (κ2) is 6.10. The Bertz CT molecular complexity index is 431. The van der Waals surface area contributed by atoms with Gasteiger partial charge in [0.15, 0.2) is 5.82 Å². The highest BCUT2D eigenvalue weighted by molar-refractivity contribution is 5.82. The average Bonchev–Trinajstić information content (AvgIpc) is 2.70. The van der Waals surface area contributed by atoms with Gasteiger partial charge in [0.1, 0.15) is 5.82 Å². The average molecular weight is 255 g/mol. The lowest BCUT2D eigenvalue weighted by molar-refractivity contribution is -0.137. The number of nitrogens with two attached hydrogens (primary N) is 1. The van der Waals surface area contributed by atoms with E-state index in [1.807, 2.05) is 0 Å². The zero-order valence-electron chi connectivity index (χ0n) is 10.4. The van der Waals surface area contributed by atoms with Gasteiger partial charge in [-0.1, -0.05) is 0 Å². The molecule has 0 bridgehead atoms. The summed E-state index contributed by atoms with van der Waals surface area (Å²) in [6.07, 6.45) is -0.00790. The summed E-state index contributed by atoms with van der Waals surface area (Å²) >= 11 is 0. The van der Waals surface area contributed by atoms with Crippen molar-refractivity contribution in [2.75, 3.05) is 7.05 Å². The van der Waals surface area contributed by atoms with Crippen LogP contribution in [-0.2, 0) is 16.1 Å². The fourth-order valence-electron chi connectivity index (χ4n) is 1.44. The first-order valence-corrected chi connectivity index (χ1v) is 5.50. The van der Waals surface area contributed by atoms with Crippen molar-refractivity contribution in [3.05, 3.63) is 11.6 Å². The van der Waals surface area contributed by atoms with Crippen LogP contribution in [0.25, 0.3) is 0 Å². The Kier molecular flexibility index (Phi) is 4.78. The molecule has 8 nitrogen and oxygen atoms in total. The Morgan fingerprint density at radius 1 is 1.56 bits per heavy atom. The van der Waals surface area contributed by atoms with E-state index in [-0.39, 0.29) is 25.3 Å². The van der Waals surface area contributed by atoms with Crippen molar-refractivity contribution in [3.63, 3.8) is 0 Å². The Hall–Kier alpha value is -1.96. The van der Waals surface area contributed by atoms with E-state index >= 15 is 0 Å². The fraction of sp³-hybridized carbons (Fsp3) is 0.600. The quantitative estimate of drug-likeness (QED) is 0.615. The van der Waals surface area contributed by atoms with Gasteiger partial charge >= 0.3 is 5.97 Å². The Labute approximate surface area is 104 Å². The molecule has 100 valence electrons. The van der Waals surface area contributed by atoms with Crippen molar-refractivity contribution in [1.29, 1.82) is 0 Å². The van der Waals surface area contributed by atoms with E-state index in [0.717, 1.165) is 0 Å². The number of carbonyl (C=O) groups excluding carboxylic acids is 1. The molecule has 1 aromatic rings. The van der Waals surface area contributed by atoms with E-state index < -0.39 is 12.0 Å². The summed E-state index contributed by atoms with van der Waals surface area (Å²) in [6.45, 7) is 2.00. The SMILES string of the molecule is Cc1nc(CN(C)C(=O)C(N)CCC(=O)O)n[nH]1. The third-order valence-corrected chi connectivity index (χ3v) is 2.38. The third-order valence-electron chi connectivity index (χ3n) is 2.38. The molecule has 0 aromatic carbocycles. The van der Waals surface area contributed by atoms with Gasteiger partial charge in [-0.2, -0.15) is 5.10 Å². The molecule has 8 heteroatoms. The van der Waals surface area contributed by atoms with Crippen LogP contribution in [0.2, 0.25) is 0 Å². The van der Waals surface area contributed by atoms with Crippen molar-refractivity contribution in [3.8, 4) is 0 Å². The van der Waals surface area contributed by atoms with Gasteiger partial charge in [-0.05, 0) is 13.3 Å². The number of rotatable bonds is 6. The summed E-state index contributed by atoms with van der Waals surface area (Å²) in [7, 11) is 1.58. The van der Waals surface area contributed by atoms with Crippen LogP contribution >= 0.6 is 0 Å². The number of aryl methyl sites for hydroxylation is 1. The summed E-state index contributed by atoms with van der Waals surface area (Å²) in [5.41, 5.74) is 5.62. The molecule has 0 saturated heterocycles. The lowest BCUT2D eigenvalue weighted by Gasteiger charge is -2.19. The molecule has 0 aliphatic carbocycles. The first kappa shape index (κ1) is 14.1. The van der Waals surface area contributed by atoms with E-state index in [1.54, 1.807) is 14.0 Å². The highest BCUT2D eigenvalue weighted by atomic mass is 16.4. The zero-order chi connectivity index (χ0) is 13.7. The number of carboxylic acid groups (broad SMARTS) is 1. The molecule has 1 heterocycles. The van der Waals surface area contributed by atoms with Crippen LogP contribution in [0.4, 0.5) is 0 Å². The molecule has 4 N–H and O–H groups in total. The highest BCUT2D eigenvalue weighted by Gasteiger charge is 2.20. The number of likely N-dealkylation sites (N-methyl/N-ethyl adjacent to an activating group) is 1. The van der Waals surface area contributed by atoms with Gasteiger partial charge in [-0.15, -0.1) is 0 Å². The van der Waals surface area contributed by atoms with Gasteiger partial charge in [-0.3, -0.25) is 14.7 Å². The molecule has 18 heavy (non-hydrogen) atoms. The number of H-pyrrole nitrogens is 1. The monoisotopic (exact) mass is 255 g/mol. The van der Waals surface area contributed by atoms with Crippen LogP contribution in [0.5, 0.6) is 0 Å². The second-order valence-corrected chi connectivity index (χ2v) is 4.07. The minimum atomic E-state index is -0.967. The van der Waals surface area contributed by atoms with Crippen molar-refractivity contribution < 1.29 is 14.7 Å². The predicted molar refractivity (Wildman–Crippen MR) is 62.4 cm³/mol. The van der Waals surface area contributed by atoms with Crippen molar-refractivity contribution >= 4 is 11.9 Å². The van der Waals surface area contributed by atoms with E-state index in [9.17, 15) is 9.59 Å². The maximum atomic E-state index is 11.8. The molecule has 1 aromatic heterocycles. The van der Waals surface area contributed by atoms with Crippen LogP contribution in [0.15, 0.2) is 0 Å². The van der Waals surface area contributed by atoms with E-state index in [0.29, 0.717) is 11.6 Å². The summed E-state index contributed by atoms with van der Waals surface area (Å²) in [5, 5.41) is 15.1. The number of aliphatic carboxylic acids is 1. The molecular formula is C10H17N5O3. The number of carbonyl (C=O) groups is 2. The second-order valence-electron chi connectivity index (χ2n) is 4.07. The third kappa shape index (κ3) is 4.13. The van der Waals surface area contributed by atoms with Crippen molar-refractivity contribution in [2.24, 2.45) is 5.73 Å². The highest BCUT2D eigenvalue weighted by Crippen LogP contribution is 2.02. The molecule has 0 saturated carbocycles. The van der Waals surface area contributed by atoms with Crippen molar-refractivity contribution in [2.45, 2.75) is 32.4 Å². The first-order valence-electron chi connectivity index (χ1n) is 5.50. The van der Waals surface area contributed by atoms with Gasteiger partial charge < -0.3 is 15.7 Å². The first-order chi connectivity index (χ1) is 8.40. The summed E-state index contributed by atoms with van der Waals surface area (Å²) in [5.74, 6) is -0.126. The van der Waals surface area contributed by atoms with Crippen LogP contribution < -0.4 is 5.73 Å². The van der Waals surface area contributed by atoms with Crippen LogP contribution in [0.1, 0.15) is 24.5 Å². The molecule has 1 rings (SSSR count). The number of carboxylic acids is 1. The maximum absolute atomic E-state index is 11.8. The largest absolute Gasteiger partial charge is 0.481 e. The molecule has 0 aliphatic heterocycles. The molecule has 1 atom stereocenters. The summed E-state index contributed by atoms with van der Waals surface area (Å²) in [6, 6.07) is -0.814. The number of aromatic nitrogens is 3. The number of nitrogens with zero attached hydrogens (tertiary/aromatic N) is 3. The standard InChI is InChI=1S/C10H17N5O3/c1-6-12-8(14-13-6)5-15(2)10(18)7(11)3-4-9(16)17/h7H,3-5,11H2,1-2H3,(H,16,17)(H,12,13,14). The fourth-order valence-corrected chi connectivity index (χ4v) is 1.44. The number of hydrogen-bond acceptors (Lipinski definition) is 5. The van der Waals surface area contributed by atoms with Crippen LogP contribution in [0, 0.1) is 6.92 Å². The minimum Gasteiger partial charge on any atom is -0.481 e. The zero-order valence-corrected chi connectivity index (χ0v) is 10.4. The molecule has 1 unspecified atom stereocenters. The Balaban J connectivity index is 2.47. The molecule has 0 spiro atoms. The van der Waals surface area contributed by atoms with Crippen LogP contribution in [-0.4, -0.2) is 50.2 Å². The molecule has 1 amide bonds. The summed E-state index contributed by atoms with van der Waals surface area (Å²) in [4.78, 5) is 27.6. The van der Waals surface area contributed by atoms with Gasteiger partial charge in [0.05, 0.1) is 12.6 Å². The van der Waals surface area contributed by atoms with E-state index in [1.165, 1.54) is 4.90 Å². The Morgan fingerprint density at radius 3 is 2.72 bits per heavy atom. The molecule has 0 aliphatic rings. The number of amides is 1. The lowest BCUT2D eigenvalue weighted by atomic mass is 10.1. The minimum absolute atomic E-state index is 0.117. The smallest absolute Gasteiger partial charge is 0.303 e. The Morgan fingerprint density at radius 2 is 2.22 bits per heavy atom. The normalized spacial score (nSPS) is 12.2. The topological polar surface area (TPSA) is 125 Å². The molecule has 0 fully saturated rings. The number of nitrogens with one attached hydrogen (secondary N) is 1. The lowest BCUT2D eigenvalue weighted by Crippen LogP contribution is -2.41. The number of aromatic amines is 1. The van der Waals surface area contributed by atoms with Gasteiger partial charge in [0, 0.05) is 13.5 Å². The van der Waals surface area contributed by atoms with Crippen LogP contribution in [0.3, 0.4) is 0 Å². The van der Waals surface area contributed by atoms with Gasteiger partial charge in [0.25, 0.3) is 0 Å². The summed E-state index contributed by atoms with van der Waals surface area (Å²) < 4.78 is 0. The van der Waals surface area contributed by atoms with Crippen molar-refractivity contribution in [1.82, 2.24) is 20.1 Å². The maximum Gasteiger partial charge on any atom is 0.303 e. The van der Waals surface area contributed by atoms with E-state index in [4.69, 9.17) is 10.8 Å². The predicted octanol–water partition coefficient (Wildman–Crippen LogP) is -0.736. The van der Waals surface area contributed by atoms with Gasteiger partial charge in [-0.25, -0.2) is 4.98 Å². The number of hydrogen-bond donors (Lipinski definition) is 3.